The van der Waals surface area contributed by atoms with Gasteiger partial charge in [-0.15, -0.1) is 0 Å². The highest BCUT2D eigenvalue weighted by Gasteiger charge is 2.26. The molecule has 0 radical (unpaired) electrons. The molecule has 0 unspecified atom stereocenters. The Balaban J connectivity index is 2.94. The van der Waals surface area contributed by atoms with Gasteiger partial charge in [-0.1, -0.05) is 11.6 Å². The number of nitrogens with zero attached hydrogens (tertiary/aromatic N) is 1. The Morgan fingerprint density at radius 2 is 1.95 bits per heavy atom. The molecule has 3 N–H and O–H groups in total. The molecule has 0 bridgehead atoms. The number of aromatic carboxylic acids is 1. The third kappa shape index (κ3) is 3.85. The van der Waals surface area contributed by atoms with Crippen molar-refractivity contribution in [2.75, 3.05) is 19.0 Å². The molecule has 0 heterocycles. The predicted molar refractivity (Wildman–Crippen MR) is 76.4 cm³/mol. The fourth-order valence-corrected chi connectivity index (χ4v) is 1.61. The summed E-state index contributed by atoms with van der Waals surface area (Å²) >= 11 is 5.81. The van der Waals surface area contributed by atoms with Gasteiger partial charge in [0.25, 0.3) is 0 Å². The van der Waals surface area contributed by atoms with E-state index in [0.29, 0.717) is 0 Å². The second kappa shape index (κ2) is 6.11. The van der Waals surface area contributed by atoms with E-state index < -0.39 is 17.5 Å². The Morgan fingerprint density at radius 1 is 1.35 bits per heavy atom. The lowest BCUT2D eigenvalue weighted by atomic mass is 10.1. The average molecular weight is 301 g/mol. The lowest BCUT2D eigenvalue weighted by Gasteiger charge is -2.33. The molecular formula is C13H17ClN2O4. The summed E-state index contributed by atoms with van der Waals surface area (Å²) in [6, 6.07) is 3.58. The van der Waals surface area contributed by atoms with E-state index >= 15 is 0 Å². The van der Waals surface area contributed by atoms with Crippen LogP contribution in [0.25, 0.3) is 0 Å². The molecule has 6 nitrogen and oxygen atoms in total. The summed E-state index contributed by atoms with van der Waals surface area (Å²) in [5.74, 6) is -1.13. The van der Waals surface area contributed by atoms with Gasteiger partial charge in [0.2, 0.25) is 0 Å². The number of rotatable bonds is 4. The van der Waals surface area contributed by atoms with Crippen LogP contribution in [0.15, 0.2) is 18.2 Å². The molecule has 2 amide bonds. The molecule has 0 spiro atoms. The second-order valence-corrected chi connectivity index (χ2v) is 5.43. The predicted octanol–water partition coefficient (Wildman–Crippen LogP) is 2.27. The van der Waals surface area contributed by atoms with Crippen LogP contribution in [0.1, 0.15) is 24.2 Å². The van der Waals surface area contributed by atoms with Gasteiger partial charge in [-0.2, -0.15) is 0 Å². The number of carbonyl (C=O) groups excluding carboxylic acids is 1. The van der Waals surface area contributed by atoms with Gasteiger partial charge in [0.1, 0.15) is 0 Å². The minimum atomic E-state index is -1.13. The largest absolute Gasteiger partial charge is 0.478 e. The number of carboxylic acid groups (broad SMARTS) is 1. The van der Waals surface area contributed by atoms with Crippen LogP contribution in [-0.4, -0.2) is 46.3 Å². The number of hydrogen-bond acceptors (Lipinski definition) is 3. The van der Waals surface area contributed by atoms with Gasteiger partial charge in [0.05, 0.1) is 17.7 Å². The van der Waals surface area contributed by atoms with Gasteiger partial charge >= 0.3 is 12.0 Å². The van der Waals surface area contributed by atoms with Crippen molar-refractivity contribution >= 4 is 29.3 Å². The number of likely N-dealkylation sites (N-methyl/N-ethyl adjacent to an activating group) is 1. The number of nitrogens with one attached hydrogen (secondary N) is 1. The Morgan fingerprint density at radius 3 is 2.45 bits per heavy atom. The molecule has 0 aliphatic rings. The molecule has 110 valence electrons. The number of aliphatic hydroxyl groups excluding tert-OH is 1. The van der Waals surface area contributed by atoms with Crippen molar-refractivity contribution < 1.29 is 19.8 Å². The van der Waals surface area contributed by atoms with Crippen LogP contribution in [0.3, 0.4) is 0 Å². The van der Waals surface area contributed by atoms with Crippen LogP contribution in [0, 0.1) is 0 Å². The topological polar surface area (TPSA) is 89.9 Å². The van der Waals surface area contributed by atoms with Crippen molar-refractivity contribution in [1.29, 1.82) is 0 Å². The van der Waals surface area contributed by atoms with Gasteiger partial charge < -0.3 is 20.4 Å². The zero-order valence-electron chi connectivity index (χ0n) is 11.5. The number of anilines is 1. The minimum Gasteiger partial charge on any atom is -0.478 e. The maximum absolute atomic E-state index is 12.0. The van der Waals surface area contributed by atoms with E-state index in [2.05, 4.69) is 5.32 Å². The third-order valence-electron chi connectivity index (χ3n) is 3.00. The summed E-state index contributed by atoms with van der Waals surface area (Å²) in [4.78, 5) is 24.3. The molecule has 1 rings (SSSR count). The molecule has 20 heavy (non-hydrogen) atoms. The van der Waals surface area contributed by atoms with E-state index in [4.69, 9.17) is 16.7 Å². The molecule has 1 aromatic carbocycles. The summed E-state index contributed by atoms with van der Waals surface area (Å²) in [5, 5.41) is 20.9. The highest BCUT2D eigenvalue weighted by atomic mass is 35.5. The monoisotopic (exact) mass is 300 g/mol. The van der Waals surface area contributed by atoms with Crippen LogP contribution < -0.4 is 5.32 Å². The van der Waals surface area contributed by atoms with Crippen LogP contribution in [0.5, 0.6) is 0 Å². The number of halogens is 1. The lowest BCUT2D eigenvalue weighted by Crippen LogP contribution is -2.49. The number of aliphatic hydroxyl groups is 1. The van der Waals surface area contributed by atoms with Gasteiger partial charge in [-0.05, 0) is 32.0 Å². The van der Waals surface area contributed by atoms with Gasteiger partial charge in [0, 0.05) is 17.8 Å². The van der Waals surface area contributed by atoms with E-state index in [0.717, 1.165) is 0 Å². The standard InChI is InChI=1S/C13H17ClN2O4/c1-13(2,7-17)16(3)12(20)15-10-5-8(11(18)19)4-9(14)6-10/h4-6,17H,7H2,1-3H3,(H,15,20)(H,18,19). The molecule has 0 aliphatic heterocycles. The van der Waals surface area contributed by atoms with Crippen LogP contribution in [0.2, 0.25) is 5.02 Å². The van der Waals surface area contributed by atoms with E-state index in [1.165, 1.54) is 30.1 Å². The van der Waals surface area contributed by atoms with E-state index in [-0.39, 0.29) is 22.9 Å². The van der Waals surface area contributed by atoms with E-state index in [1.54, 1.807) is 13.8 Å². The second-order valence-electron chi connectivity index (χ2n) is 4.99. The van der Waals surface area contributed by atoms with Gasteiger partial charge in [0.15, 0.2) is 0 Å². The molecule has 0 saturated heterocycles. The fourth-order valence-electron chi connectivity index (χ4n) is 1.37. The summed E-state index contributed by atoms with van der Waals surface area (Å²) in [6.45, 7) is 3.20. The number of amides is 2. The molecular weight excluding hydrogens is 284 g/mol. The maximum Gasteiger partial charge on any atom is 0.335 e. The maximum atomic E-state index is 12.0. The molecule has 1 aromatic rings. The molecule has 0 aliphatic carbocycles. The third-order valence-corrected chi connectivity index (χ3v) is 3.21. The molecule has 0 saturated carbocycles. The first-order chi connectivity index (χ1) is 9.17. The van der Waals surface area contributed by atoms with E-state index in [9.17, 15) is 14.7 Å². The highest BCUT2D eigenvalue weighted by molar-refractivity contribution is 6.31. The first-order valence-corrected chi connectivity index (χ1v) is 6.25. The number of carboxylic acids is 1. The Bertz CT molecular complexity index is 531. The van der Waals surface area contributed by atoms with Crippen molar-refractivity contribution in [3.63, 3.8) is 0 Å². The van der Waals surface area contributed by atoms with Crippen molar-refractivity contribution in [2.24, 2.45) is 0 Å². The van der Waals surface area contributed by atoms with Crippen molar-refractivity contribution in [2.45, 2.75) is 19.4 Å². The quantitative estimate of drug-likeness (QED) is 0.795. The normalized spacial score (nSPS) is 11.1. The zero-order chi connectivity index (χ0) is 15.5. The lowest BCUT2D eigenvalue weighted by molar-refractivity contribution is 0.0697. The van der Waals surface area contributed by atoms with Crippen LogP contribution in [0.4, 0.5) is 10.5 Å². The van der Waals surface area contributed by atoms with Crippen molar-refractivity contribution in [1.82, 2.24) is 4.90 Å². The number of benzene rings is 1. The molecule has 7 heteroatoms. The fraction of sp³-hybridized carbons (Fsp3) is 0.385. The summed E-state index contributed by atoms with van der Waals surface area (Å²) in [6.07, 6.45) is 0. The van der Waals surface area contributed by atoms with Crippen molar-refractivity contribution in [3.8, 4) is 0 Å². The molecule has 0 fully saturated rings. The number of carbonyl (C=O) groups is 2. The van der Waals surface area contributed by atoms with Crippen LogP contribution in [-0.2, 0) is 0 Å². The Labute approximate surface area is 122 Å². The van der Waals surface area contributed by atoms with Crippen molar-refractivity contribution in [3.05, 3.63) is 28.8 Å². The smallest absolute Gasteiger partial charge is 0.335 e. The highest BCUT2D eigenvalue weighted by Crippen LogP contribution is 2.20. The van der Waals surface area contributed by atoms with Gasteiger partial charge in [-0.25, -0.2) is 9.59 Å². The summed E-state index contributed by atoms with van der Waals surface area (Å²) in [7, 11) is 1.54. The minimum absolute atomic E-state index is 0.0168. The summed E-state index contributed by atoms with van der Waals surface area (Å²) in [5.41, 5.74) is -0.476. The molecule has 0 atom stereocenters. The Hall–Kier alpha value is -1.79. The van der Waals surface area contributed by atoms with Crippen LogP contribution >= 0.6 is 11.6 Å². The number of hydrogen-bond donors (Lipinski definition) is 3. The first kappa shape index (κ1) is 16.3. The molecule has 0 aromatic heterocycles. The van der Waals surface area contributed by atoms with Gasteiger partial charge in [-0.3, -0.25) is 0 Å². The average Bonchev–Trinajstić information content (AvgIpc) is 2.36. The Kier molecular flexibility index (Phi) is 4.97. The zero-order valence-corrected chi connectivity index (χ0v) is 12.2. The van der Waals surface area contributed by atoms with E-state index in [1.807, 2.05) is 0 Å². The number of urea groups is 1. The first-order valence-electron chi connectivity index (χ1n) is 5.87. The summed E-state index contributed by atoms with van der Waals surface area (Å²) < 4.78 is 0. The SMILES string of the molecule is CN(C(=O)Nc1cc(Cl)cc(C(=O)O)c1)C(C)(C)CO.